The second kappa shape index (κ2) is 6.55. The van der Waals surface area contributed by atoms with Crippen LogP contribution in [0.3, 0.4) is 0 Å². The van der Waals surface area contributed by atoms with Gasteiger partial charge >= 0.3 is 0 Å². The molecule has 0 spiro atoms. The van der Waals surface area contributed by atoms with E-state index in [1.165, 1.54) is 0 Å². The van der Waals surface area contributed by atoms with Crippen molar-refractivity contribution in [3.8, 4) is 0 Å². The average molecular weight is 274 g/mol. The monoisotopic (exact) mass is 274 g/mol. The van der Waals surface area contributed by atoms with Gasteiger partial charge in [-0.2, -0.15) is 4.98 Å². The van der Waals surface area contributed by atoms with Crippen LogP contribution in [0.4, 0.5) is 5.95 Å². The predicted molar refractivity (Wildman–Crippen MR) is 69.7 cm³/mol. The molecule has 7 N–H and O–H groups in total. The molecule has 0 aliphatic heterocycles. The van der Waals surface area contributed by atoms with Gasteiger partial charge in [0.25, 0.3) is 0 Å². The lowest BCUT2D eigenvalue weighted by atomic mass is 10.1. The van der Waals surface area contributed by atoms with Gasteiger partial charge in [-0.25, -0.2) is 0 Å². The first-order chi connectivity index (χ1) is 8.06. The van der Waals surface area contributed by atoms with Crippen LogP contribution < -0.4 is 16.8 Å². The Bertz CT molecular complexity index is 467. The minimum atomic E-state index is -0.548. The van der Waals surface area contributed by atoms with Gasteiger partial charge in [-0.05, 0) is 31.0 Å². The molecule has 1 atom stereocenters. The Morgan fingerprint density at radius 1 is 1.41 bits per heavy atom. The second-order valence-corrected chi connectivity index (χ2v) is 4.08. The maximum absolute atomic E-state index is 11.6. The molecule has 1 heterocycles. The van der Waals surface area contributed by atoms with Gasteiger partial charge < -0.3 is 26.8 Å². The first kappa shape index (κ1) is 13.9. The zero-order valence-electron chi connectivity index (χ0n) is 9.03. The van der Waals surface area contributed by atoms with Crippen molar-refractivity contribution < 1.29 is 4.79 Å². The van der Waals surface area contributed by atoms with Crippen molar-refractivity contribution in [1.82, 2.24) is 15.0 Å². The van der Waals surface area contributed by atoms with E-state index in [2.05, 4.69) is 20.3 Å². The van der Waals surface area contributed by atoms with Gasteiger partial charge in [0.05, 0.1) is 6.04 Å². The molecule has 1 rings (SSSR count). The third-order valence-electron chi connectivity index (χ3n) is 1.99. The topological polar surface area (TPSA) is 126 Å². The van der Waals surface area contributed by atoms with E-state index in [0.29, 0.717) is 10.7 Å². The summed E-state index contributed by atoms with van der Waals surface area (Å²) in [4.78, 5) is 21.0. The molecule has 0 bridgehead atoms. The summed E-state index contributed by atoms with van der Waals surface area (Å²) in [6.45, 7) is 0.432. The summed E-state index contributed by atoms with van der Waals surface area (Å²) in [6, 6.07) is -0.548. The largest absolute Gasteiger partial charge is 0.345 e. The number of rotatable bonds is 6. The van der Waals surface area contributed by atoms with Crippen LogP contribution in [0, 0.1) is 9.54 Å². The lowest BCUT2D eigenvalue weighted by Crippen LogP contribution is -2.38. The van der Waals surface area contributed by atoms with Crippen LogP contribution in [0.2, 0.25) is 0 Å². The van der Waals surface area contributed by atoms with Crippen LogP contribution in [-0.4, -0.2) is 39.9 Å². The minimum absolute atomic E-state index is 0.0742. The third-order valence-corrected chi connectivity index (χ3v) is 2.39. The number of ketones is 1. The molecule has 0 fully saturated rings. The Kier molecular flexibility index (Phi) is 5.35. The molecule has 0 aliphatic carbocycles. The SMILES string of the molecule is NCCC(=O)C(CN)Nc1nc(=S)[nH]c(=S)[nH]1. The lowest BCUT2D eigenvalue weighted by molar-refractivity contribution is -0.119. The number of Topliss-reactive ketones (excluding diaryl/α,β-unsaturated/α-hetero) is 1. The van der Waals surface area contributed by atoms with Crippen LogP contribution in [0.5, 0.6) is 0 Å². The zero-order valence-corrected chi connectivity index (χ0v) is 10.7. The Balaban J connectivity index is 2.84. The summed E-state index contributed by atoms with van der Waals surface area (Å²) in [5, 5.41) is 2.84. The van der Waals surface area contributed by atoms with Crippen molar-refractivity contribution in [3.05, 3.63) is 9.54 Å². The van der Waals surface area contributed by atoms with Gasteiger partial charge in [0, 0.05) is 13.0 Å². The number of hydrogen-bond acceptors (Lipinski definition) is 7. The molecule has 0 aliphatic rings. The lowest BCUT2D eigenvalue weighted by Gasteiger charge is -2.15. The number of hydrogen-bond donors (Lipinski definition) is 5. The quantitative estimate of drug-likeness (QED) is 0.457. The number of aromatic amines is 2. The molecule has 1 unspecified atom stereocenters. The van der Waals surface area contributed by atoms with E-state index in [-0.39, 0.29) is 30.1 Å². The van der Waals surface area contributed by atoms with Crippen molar-refractivity contribution in [2.24, 2.45) is 11.5 Å². The maximum atomic E-state index is 11.6. The molecule has 1 aromatic heterocycles. The third kappa shape index (κ3) is 4.30. The molecule has 0 saturated carbocycles. The summed E-state index contributed by atoms with van der Waals surface area (Å²) in [6.07, 6.45) is 0.259. The van der Waals surface area contributed by atoms with E-state index in [0.717, 1.165) is 0 Å². The van der Waals surface area contributed by atoms with Crippen LogP contribution in [0.25, 0.3) is 0 Å². The molecule has 17 heavy (non-hydrogen) atoms. The standard InChI is InChI=1S/C8H14N6OS2/c9-2-1-5(15)4(3-10)11-6-12-7(16)14-8(17)13-6/h4H,1-3,9-10H2,(H3,11,12,13,14,16,17). The van der Waals surface area contributed by atoms with Crippen molar-refractivity contribution in [3.63, 3.8) is 0 Å². The normalized spacial score (nSPS) is 12.1. The van der Waals surface area contributed by atoms with Crippen LogP contribution in [0.1, 0.15) is 6.42 Å². The Labute approximate surface area is 108 Å². The highest BCUT2D eigenvalue weighted by molar-refractivity contribution is 7.71. The molecular formula is C8H14N6OS2. The van der Waals surface area contributed by atoms with Crippen molar-refractivity contribution >= 4 is 36.2 Å². The molecule has 0 aromatic carbocycles. The van der Waals surface area contributed by atoms with Crippen LogP contribution in [0.15, 0.2) is 0 Å². The Morgan fingerprint density at radius 2 is 2.12 bits per heavy atom. The number of H-pyrrole nitrogens is 2. The van der Waals surface area contributed by atoms with E-state index < -0.39 is 6.04 Å². The van der Waals surface area contributed by atoms with E-state index in [4.69, 9.17) is 35.9 Å². The average Bonchev–Trinajstić information content (AvgIpc) is 2.24. The van der Waals surface area contributed by atoms with E-state index in [9.17, 15) is 4.79 Å². The number of carbonyl (C=O) groups is 1. The first-order valence-electron chi connectivity index (χ1n) is 4.97. The Morgan fingerprint density at radius 3 is 2.65 bits per heavy atom. The van der Waals surface area contributed by atoms with Crippen LogP contribution >= 0.6 is 24.4 Å². The second-order valence-electron chi connectivity index (χ2n) is 3.28. The number of nitrogens with two attached hydrogens (primary N) is 2. The number of carbonyl (C=O) groups excluding carboxylic acids is 1. The summed E-state index contributed by atoms with van der Waals surface area (Å²) in [5.41, 5.74) is 10.8. The molecule has 0 amide bonds. The van der Waals surface area contributed by atoms with Gasteiger partial charge in [0.2, 0.25) is 10.7 Å². The molecule has 0 radical (unpaired) electrons. The number of anilines is 1. The smallest absolute Gasteiger partial charge is 0.205 e. The van der Waals surface area contributed by atoms with E-state index >= 15 is 0 Å². The summed E-state index contributed by atoms with van der Waals surface area (Å²) < 4.78 is 0.563. The molecule has 0 saturated heterocycles. The number of nitrogens with one attached hydrogen (secondary N) is 3. The summed E-state index contributed by atoms with van der Waals surface area (Å²) in [7, 11) is 0. The van der Waals surface area contributed by atoms with Crippen LogP contribution in [-0.2, 0) is 4.79 Å². The molecule has 94 valence electrons. The fraction of sp³-hybridized carbons (Fsp3) is 0.500. The highest BCUT2D eigenvalue weighted by atomic mass is 32.1. The molecule has 9 heteroatoms. The summed E-state index contributed by atoms with van der Waals surface area (Å²) >= 11 is 9.76. The number of nitrogens with zero attached hydrogens (tertiary/aromatic N) is 1. The maximum Gasteiger partial charge on any atom is 0.205 e. The van der Waals surface area contributed by atoms with Gasteiger partial charge in [-0.1, -0.05) is 0 Å². The van der Waals surface area contributed by atoms with E-state index in [1.54, 1.807) is 0 Å². The summed E-state index contributed by atoms with van der Waals surface area (Å²) in [5.74, 6) is 0.245. The first-order valence-corrected chi connectivity index (χ1v) is 5.78. The zero-order chi connectivity index (χ0) is 12.8. The van der Waals surface area contributed by atoms with Crippen molar-refractivity contribution in [2.45, 2.75) is 12.5 Å². The minimum Gasteiger partial charge on any atom is -0.345 e. The van der Waals surface area contributed by atoms with Gasteiger partial charge in [-0.15, -0.1) is 0 Å². The van der Waals surface area contributed by atoms with Gasteiger partial charge in [0.15, 0.2) is 10.6 Å². The fourth-order valence-electron chi connectivity index (χ4n) is 1.21. The molecule has 7 nitrogen and oxygen atoms in total. The molecular weight excluding hydrogens is 260 g/mol. The fourth-order valence-corrected chi connectivity index (χ4v) is 1.67. The number of aromatic nitrogens is 3. The van der Waals surface area contributed by atoms with Gasteiger partial charge in [0.1, 0.15) is 0 Å². The predicted octanol–water partition coefficient (Wildman–Crippen LogP) is -0.146. The Hall–Kier alpha value is -1.16. The highest BCUT2D eigenvalue weighted by Crippen LogP contribution is 2.01. The molecule has 1 aromatic rings. The van der Waals surface area contributed by atoms with E-state index in [1.807, 2.05) is 0 Å². The highest BCUT2D eigenvalue weighted by Gasteiger charge is 2.16. The van der Waals surface area contributed by atoms with Crippen molar-refractivity contribution in [2.75, 3.05) is 18.4 Å². The van der Waals surface area contributed by atoms with Gasteiger partial charge in [-0.3, -0.25) is 4.79 Å². The van der Waals surface area contributed by atoms with Crippen molar-refractivity contribution in [1.29, 1.82) is 0 Å².